The van der Waals surface area contributed by atoms with Crippen molar-refractivity contribution >= 4 is 35.7 Å². The van der Waals surface area contributed by atoms with E-state index in [2.05, 4.69) is 45.2 Å². The van der Waals surface area contributed by atoms with Crippen LogP contribution in [0.5, 0.6) is 0 Å². The minimum absolute atomic E-state index is 0. The van der Waals surface area contributed by atoms with E-state index in [-0.39, 0.29) is 24.8 Å². The lowest BCUT2D eigenvalue weighted by atomic mass is 9.98. The number of H-pyrrole nitrogens is 1. The molecule has 6 heteroatoms. The van der Waals surface area contributed by atoms with Crippen LogP contribution < -0.4 is 0 Å². The summed E-state index contributed by atoms with van der Waals surface area (Å²) in [6, 6.07) is 8.66. The molecule has 24 heavy (non-hydrogen) atoms. The molecule has 0 bridgehead atoms. The van der Waals surface area contributed by atoms with Gasteiger partial charge in [-0.25, -0.2) is 0 Å². The number of halogens is 2. The normalized spacial score (nSPS) is 22.2. The molecule has 2 saturated heterocycles. The number of ether oxygens (including phenoxy) is 1. The maximum atomic E-state index is 5.42. The van der Waals surface area contributed by atoms with Crippen LogP contribution in [0.4, 0.5) is 0 Å². The van der Waals surface area contributed by atoms with Crippen molar-refractivity contribution < 1.29 is 4.74 Å². The SMILES string of the molecule is Cl.Cl.c1ccc2c(C3CCN(CCN4CCOCC4)C3)c[nH]c2c1. The highest BCUT2D eigenvalue weighted by Gasteiger charge is 2.26. The van der Waals surface area contributed by atoms with Gasteiger partial charge >= 0.3 is 0 Å². The summed E-state index contributed by atoms with van der Waals surface area (Å²) in [4.78, 5) is 8.58. The first-order chi connectivity index (χ1) is 10.9. The lowest BCUT2D eigenvalue weighted by Gasteiger charge is -2.28. The summed E-state index contributed by atoms with van der Waals surface area (Å²) in [6.07, 6.45) is 3.51. The molecule has 0 aliphatic carbocycles. The molecule has 2 aliphatic rings. The fourth-order valence-electron chi connectivity index (χ4n) is 3.83. The Kier molecular flexibility index (Phi) is 7.38. The van der Waals surface area contributed by atoms with Gasteiger partial charge in [0.1, 0.15) is 0 Å². The van der Waals surface area contributed by atoms with E-state index in [9.17, 15) is 0 Å². The molecule has 1 aromatic heterocycles. The van der Waals surface area contributed by atoms with Crippen LogP contribution in [0.3, 0.4) is 0 Å². The van der Waals surface area contributed by atoms with Crippen molar-refractivity contribution in [2.45, 2.75) is 12.3 Å². The average Bonchev–Trinajstić information content (AvgIpc) is 3.20. The van der Waals surface area contributed by atoms with Crippen LogP contribution in [0.1, 0.15) is 17.9 Å². The number of nitrogens with one attached hydrogen (secondary N) is 1. The van der Waals surface area contributed by atoms with Crippen molar-refractivity contribution in [3.8, 4) is 0 Å². The summed E-state index contributed by atoms with van der Waals surface area (Å²) in [6.45, 7) is 8.80. The predicted molar refractivity (Wildman–Crippen MR) is 104 cm³/mol. The van der Waals surface area contributed by atoms with Crippen molar-refractivity contribution in [3.05, 3.63) is 36.0 Å². The number of aromatic nitrogens is 1. The first-order valence-electron chi connectivity index (χ1n) is 8.48. The lowest BCUT2D eigenvalue weighted by Crippen LogP contribution is -2.41. The van der Waals surface area contributed by atoms with E-state index in [1.807, 2.05) is 0 Å². The standard InChI is InChI=1S/C18H25N3O.2ClH/c1-2-4-18-16(3-1)17(13-19-18)15-5-6-21(14-15)8-7-20-9-11-22-12-10-20;;/h1-4,13,15,19H,5-12,14H2;2*1H. The molecule has 1 unspecified atom stereocenters. The number of aromatic amines is 1. The van der Waals surface area contributed by atoms with Crippen molar-refractivity contribution in [1.29, 1.82) is 0 Å². The van der Waals surface area contributed by atoms with E-state index in [1.54, 1.807) is 0 Å². The second-order valence-corrected chi connectivity index (χ2v) is 6.53. The number of para-hydroxylation sites is 1. The minimum Gasteiger partial charge on any atom is -0.379 e. The summed E-state index contributed by atoms with van der Waals surface area (Å²) in [5.41, 5.74) is 2.77. The molecule has 4 nitrogen and oxygen atoms in total. The number of likely N-dealkylation sites (tertiary alicyclic amines) is 1. The van der Waals surface area contributed by atoms with E-state index in [4.69, 9.17) is 4.74 Å². The Morgan fingerprint density at radius 1 is 1.00 bits per heavy atom. The molecule has 3 heterocycles. The zero-order chi connectivity index (χ0) is 14.8. The summed E-state index contributed by atoms with van der Waals surface area (Å²) >= 11 is 0. The summed E-state index contributed by atoms with van der Waals surface area (Å²) in [7, 11) is 0. The van der Waals surface area contributed by atoms with Gasteiger partial charge in [-0.15, -0.1) is 24.8 Å². The molecular formula is C18H27Cl2N3O. The molecule has 2 fully saturated rings. The first kappa shape index (κ1) is 19.5. The third-order valence-corrected chi connectivity index (χ3v) is 5.17. The van der Waals surface area contributed by atoms with Crippen molar-refractivity contribution in [2.75, 3.05) is 52.5 Å². The topological polar surface area (TPSA) is 31.5 Å². The molecule has 2 aliphatic heterocycles. The van der Waals surface area contributed by atoms with Crippen molar-refractivity contribution in [1.82, 2.24) is 14.8 Å². The summed E-state index contributed by atoms with van der Waals surface area (Å²) < 4.78 is 5.42. The quantitative estimate of drug-likeness (QED) is 0.895. The molecule has 134 valence electrons. The maximum absolute atomic E-state index is 5.42. The molecule has 1 aromatic carbocycles. The van der Waals surface area contributed by atoms with Gasteiger partial charge in [0.05, 0.1) is 13.2 Å². The summed E-state index contributed by atoms with van der Waals surface area (Å²) in [5.74, 6) is 0.681. The highest BCUT2D eigenvalue weighted by atomic mass is 35.5. The number of fused-ring (bicyclic) bond motifs is 1. The molecule has 0 amide bonds. The van der Waals surface area contributed by atoms with Crippen LogP contribution in [0.15, 0.2) is 30.5 Å². The molecular weight excluding hydrogens is 345 g/mol. The Balaban J connectivity index is 0.00000104. The van der Waals surface area contributed by atoms with Gasteiger partial charge < -0.3 is 14.6 Å². The molecule has 4 rings (SSSR count). The fourth-order valence-corrected chi connectivity index (χ4v) is 3.83. The number of hydrogen-bond acceptors (Lipinski definition) is 3. The Bertz CT molecular complexity index is 628. The smallest absolute Gasteiger partial charge is 0.0594 e. The molecule has 0 spiro atoms. The largest absolute Gasteiger partial charge is 0.379 e. The molecule has 0 radical (unpaired) electrons. The van der Waals surface area contributed by atoms with E-state index in [0.29, 0.717) is 5.92 Å². The molecule has 0 saturated carbocycles. The Morgan fingerprint density at radius 3 is 2.58 bits per heavy atom. The molecule has 2 aromatic rings. The van der Waals surface area contributed by atoms with Crippen molar-refractivity contribution in [2.24, 2.45) is 0 Å². The Hall–Kier alpha value is -0.780. The van der Waals surface area contributed by atoms with Crippen molar-refractivity contribution in [3.63, 3.8) is 0 Å². The van der Waals surface area contributed by atoms with Gasteiger partial charge in [0, 0.05) is 49.8 Å². The molecule has 1 atom stereocenters. The van der Waals surface area contributed by atoms with Crippen LogP contribution >= 0.6 is 24.8 Å². The van der Waals surface area contributed by atoms with Crippen LogP contribution in [-0.4, -0.2) is 67.3 Å². The average molecular weight is 372 g/mol. The number of hydrogen-bond donors (Lipinski definition) is 1. The number of nitrogens with zero attached hydrogens (tertiary/aromatic N) is 2. The third kappa shape index (κ3) is 4.24. The van der Waals surface area contributed by atoms with E-state index >= 15 is 0 Å². The predicted octanol–water partition coefficient (Wildman–Crippen LogP) is 3.13. The zero-order valence-corrected chi connectivity index (χ0v) is 15.6. The van der Waals surface area contributed by atoms with E-state index in [0.717, 1.165) is 26.3 Å². The van der Waals surface area contributed by atoms with Crippen LogP contribution in [0, 0.1) is 0 Å². The number of morpholine rings is 1. The highest BCUT2D eigenvalue weighted by molar-refractivity contribution is 5.85. The van der Waals surface area contributed by atoms with Gasteiger partial charge in [0.25, 0.3) is 0 Å². The fraction of sp³-hybridized carbons (Fsp3) is 0.556. The third-order valence-electron chi connectivity index (χ3n) is 5.17. The minimum atomic E-state index is 0. The first-order valence-corrected chi connectivity index (χ1v) is 8.48. The van der Waals surface area contributed by atoms with Crippen LogP contribution in [0.2, 0.25) is 0 Å². The van der Waals surface area contributed by atoms with Gasteiger partial charge in [-0.1, -0.05) is 18.2 Å². The molecule has 1 N–H and O–H groups in total. The lowest BCUT2D eigenvalue weighted by molar-refractivity contribution is 0.0343. The second-order valence-electron chi connectivity index (χ2n) is 6.53. The maximum Gasteiger partial charge on any atom is 0.0594 e. The van der Waals surface area contributed by atoms with Crippen LogP contribution in [0.25, 0.3) is 10.9 Å². The second kappa shape index (κ2) is 9.07. The monoisotopic (exact) mass is 371 g/mol. The van der Waals surface area contributed by atoms with Gasteiger partial charge in [-0.05, 0) is 30.5 Å². The van der Waals surface area contributed by atoms with E-state index < -0.39 is 0 Å². The zero-order valence-electron chi connectivity index (χ0n) is 13.9. The Labute approximate surface area is 156 Å². The van der Waals surface area contributed by atoms with Gasteiger partial charge in [-0.2, -0.15) is 0 Å². The van der Waals surface area contributed by atoms with Gasteiger partial charge in [-0.3, -0.25) is 4.90 Å². The highest BCUT2D eigenvalue weighted by Crippen LogP contribution is 2.32. The Morgan fingerprint density at radius 2 is 1.75 bits per heavy atom. The number of rotatable bonds is 4. The van der Waals surface area contributed by atoms with E-state index in [1.165, 1.54) is 49.1 Å². The van der Waals surface area contributed by atoms with Gasteiger partial charge in [0.2, 0.25) is 0 Å². The van der Waals surface area contributed by atoms with Crippen LogP contribution in [-0.2, 0) is 4.74 Å². The summed E-state index contributed by atoms with van der Waals surface area (Å²) in [5, 5.41) is 1.41. The van der Waals surface area contributed by atoms with Gasteiger partial charge in [0.15, 0.2) is 0 Å². The number of benzene rings is 1.